The van der Waals surface area contributed by atoms with Gasteiger partial charge in [0.25, 0.3) is 0 Å². The van der Waals surface area contributed by atoms with E-state index in [1.54, 1.807) is 6.07 Å². The van der Waals surface area contributed by atoms with Crippen molar-refractivity contribution < 1.29 is 13.5 Å². The van der Waals surface area contributed by atoms with Crippen LogP contribution < -0.4 is 4.74 Å². The van der Waals surface area contributed by atoms with Crippen LogP contribution in [0.3, 0.4) is 0 Å². The van der Waals surface area contributed by atoms with Gasteiger partial charge in [-0.1, -0.05) is 0 Å². The van der Waals surface area contributed by atoms with Gasteiger partial charge in [-0.2, -0.15) is 8.78 Å². The first-order chi connectivity index (χ1) is 7.56. The van der Waals surface area contributed by atoms with Crippen molar-refractivity contribution in [3.05, 3.63) is 34.4 Å². The minimum atomic E-state index is -2.83. The maximum atomic E-state index is 12.0. The number of hydrogen-bond donors (Lipinski definition) is 0. The second-order valence-corrected chi connectivity index (χ2v) is 4.22. The molecule has 0 N–H and O–H groups in total. The molecular weight excluding hydrogens is 280 g/mol. The van der Waals surface area contributed by atoms with Gasteiger partial charge >= 0.3 is 6.61 Å². The summed E-state index contributed by atoms with van der Waals surface area (Å²) in [5.74, 6) is 0.0694. The third kappa shape index (κ3) is 2.29. The van der Waals surface area contributed by atoms with Gasteiger partial charge in [-0.15, -0.1) is 0 Å². The van der Waals surface area contributed by atoms with Crippen molar-refractivity contribution >= 4 is 26.8 Å². The Hall–Kier alpha value is -1.23. The number of pyridine rings is 1. The predicted octanol–water partition coefficient (Wildman–Crippen LogP) is 3.91. The number of aromatic nitrogens is 1. The third-order valence-electron chi connectivity index (χ3n) is 2.08. The van der Waals surface area contributed by atoms with Gasteiger partial charge in [0.1, 0.15) is 5.75 Å². The fourth-order valence-electron chi connectivity index (χ4n) is 1.49. The van der Waals surface area contributed by atoms with Crippen LogP contribution in [-0.4, -0.2) is 11.6 Å². The molecule has 0 saturated carbocycles. The minimum absolute atomic E-state index is 0.0694. The Morgan fingerprint density at radius 2 is 2.06 bits per heavy atom. The summed E-state index contributed by atoms with van der Waals surface area (Å²) in [6.07, 6.45) is 1.29. The van der Waals surface area contributed by atoms with Crippen molar-refractivity contribution in [2.75, 3.05) is 0 Å². The summed E-state index contributed by atoms with van der Waals surface area (Å²) < 4.78 is 29.2. The van der Waals surface area contributed by atoms with E-state index in [4.69, 9.17) is 0 Å². The fraction of sp³-hybridized carbons (Fsp3) is 0.182. The SMILES string of the molecule is Cc1cc(Br)c2ncc(OC(F)F)cc2c1. The maximum absolute atomic E-state index is 12.0. The van der Waals surface area contributed by atoms with Gasteiger partial charge < -0.3 is 4.74 Å². The zero-order valence-corrected chi connectivity index (χ0v) is 9.96. The molecule has 16 heavy (non-hydrogen) atoms. The maximum Gasteiger partial charge on any atom is 0.387 e. The first-order valence-electron chi connectivity index (χ1n) is 4.57. The highest BCUT2D eigenvalue weighted by molar-refractivity contribution is 9.10. The molecule has 0 saturated heterocycles. The Labute approximate surface area is 99.4 Å². The number of ether oxygens (including phenoxy) is 1. The topological polar surface area (TPSA) is 22.1 Å². The monoisotopic (exact) mass is 287 g/mol. The predicted molar refractivity (Wildman–Crippen MR) is 60.8 cm³/mol. The molecule has 0 bridgehead atoms. The lowest BCUT2D eigenvalue weighted by Gasteiger charge is -2.06. The summed E-state index contributed by atoms with van der Waals surface area (Å²) in [4.78, 5) is 4.07. The molecule has 2 rings (SSSR count). The Kier molecular flexibility index (Phi) is 3.05. The molecule has 0 aliphatic carbocycles. The number of fused-ring (bicyclic) bond motifs is 1. The molecule has 0 unspecified atom stereocenters. The zero-order valence-electron chi connectivity index (χ0n) is 8.38. The van der Waals surface area contributed by atoms with Crippen molar-refractivity contribution in [1.82, 2.24) is 4.98 Å². The van der Waals surface area contributed by atoms with Crippen LogP contribution in [0.5, 0.6) is 5.75 Å². The summed E-state index contributed by atoms with van der Waals surface area (Å²) in [6, 6.07) is 5.33. The molecule has 0 radical (unpaired) electrons. The number of halogens is 3. The van der Waals surface area contributed by atoms with E-state index in [9.17, 15) is 8.78 Å². The Morgan fingerprint density at radius 1 is 1.31 bits per heavy atom. The number of rotatable bonds is 2. The van der Waals surface area contributed by atoms with Crippen molar-refractivity contribution in [2.45, 2.75) is 13.5 Å². The molecule has 0 spiro atoms. The number of benzene rings is 1. The first-order valence-corrected chi connectivity index (χ1v) is 5.36. The van der Waals surface area contributed by atoms with E-state index < -0.39 is 6.61 Å². The van der Waals surface area contributed by atoms with E-state index in [-0.39, 0.29) is 5.75 Å². The number of aryl methyl sites for hydroxylation is 1. The van der Waals surface area contributed by atoms with Crippen molar-refractivity contribution in [3.8, 4) is 5.75 Å². The highest BCUT2D eigenvalue weighted by atomic mass is 79.9. The Balaban J connectivity index is 2.53. The highest BCUT2D eigenvalue weighted by Gasteiger charge is 2.07. The lowest BCUT2D eigenvalue weighted by molar-refractivity contribution is -0.0499. The van der Waals surface area contributed by atoms with Crippen LogP contribution in [0.1, 0.15) is 5.56 Å². The molecule has 2 nitrogen and oxygen atoms in total. The summed E-state index contributed by atoms with van der Waals surface area (Å²) in [5.41, 5.74) is 1.75. The van der Waals surface area contributed by atoms with Crippen molar-refractivity contribution in [1.29, 1.82) is 0 Å². The van der Waals surface area contributed by atoms with E-state index >= 15 is 0 Å². The largest absolute Gasteiger partial charge is 0.433 e. The molecule has 84 valence electrons. The molecule has 0 aliphatic heterocycles. The summed E-state index contributed by atoms with van der Waals surface area (Å²) >= 11 is 3.37. The van der Waals surface area contributed by atoms with Crippen LogP contribution in [0, 0.1) is 6.92 Å². The van der Waals surface area contributed by atoms with E-state index in [0.29, 0.717) is 0 Å². The number of hydrogen-bond acceptors (Lipinski definition) is 2. The van der Waals surface area contributed by atoms with Crippen molar-refractivity contribution in [2.24, 2.45) is 0 Å². The van der Waals surface area contributed by atoms with E-state index in [2.05, 4.69) is 25.7 Å². The standard InChI is InChI=1S/C11H8BrF2NO/c1-6-2-7-4-8(16-11(13)14)5-15-10(7)9(12)3-6/h2-5,11H,1H3. The second-order valence-electron chi connectivity index (χ2n) is 3.37. The smallest absolute Gasteiger partial charge is 0.387 e. The number of alkyl halides is 2. The van der Waals surface area contributed by atoms with Crippen LogP contribution in [0.2, 0.25) is 0 Å². The van der Waals surface area contributed by atoms with Gasteiger partial charge in [-0.05, 0) is 46.6 Å². The third-order valence-corrected chi connectivity index (χ3v) is 2.69. The zero-order chi connectivity index (χ0) is 11.7. The minimum Gasteiger partial charge on any atom is -0.433 e. The molecule has 0 atom stereocenters. The molecule has 1 heterocycles. The quantitative estimate of drug-likeness (QED) is 0.836. The lowest BCUT2D eigenvalue weighted by atomic mass is 10.1. The van der Waals surface area contributed by atoms with Gasteiger partial charge in [0.2, 0.25) is 0 Å². The Bertz CT molecular complexity index is 531. The summed E-state index contributed by atoms with van der Waals surface area (Å²) in [6.45, 7) is -0.905. The van der Waals surface area contributed by atoms with Crippen LogP contribution in [0.15, 0.2) is 28.9 Å². The molecular formula is C11H8BrF2NO. The fourth-order valence-corrected chi connectivity index (χ4v) is 2.19. The van der Waals surface area contributed by atoms with Gasteiger partial charge in [-0.25, -0.2) is 0 Å². The van der Waals surface area contributed by atoms with Gasteiger partial charge in [0.15, 0.2) is 0 Å². The van der Waals surface area contributed by atoms with E-state index in [0.717, 1.165) is 20.9 Å². The number of nitrogens with zero attached hydrogens (tertiary/aromatic N) is 1. The van der Waals surface area contributed by atoms with E-state index in [1.165, 1.54) is 6.20 Å². The van der Waals surface area contributed by atoms with Crippen molar-refractivity contribution in [3.63, 3.8) is 0 Å². The average Bonchev–Trinajstić information content (AvgIpc) is 2.15. The van der Waals surface area contributed by atoms with Crippen LogP contribution in [-0.2, 0) is 0 Å². The first kappa shape index (κ1) is 11.3. The average molecular weight is 288 g/mol. The molecule has 0 amide bonds. The van der Waals surface area contributed by atoms with Crippen LogP contribution >= 0.6 is 15.9 Å². The summed E-state index contributed by atoms with van der Waals surface area (Å²) in [7, 11) is 0. The highest BCUT2D eigenvalue weighted by Crippen LogP contribution is 2.27. The molecule has 0 fully saturated rings. The van der Waals surface area contributed by atoms with Gasteiger partial charge in [-0.3, -0.25) is 4.98 Å². The van der Waals surface area contributed by atoms with Crippen LogP contribution in [0.25, 0.3) is 10.9 Å². The van der Waals surface area contributed by atoms with E-state index in [1.807, 2.05) is 19.1 Å². The molecule has 2 aromatic rings. The molecule has 0 aliphatic rings. The van der Waals surface area contributed by atoms with Gasteiger partial charge in [0.05, 0.1) is 11.7 Å². The normalized spacial score (nSPS) is 11.1. The second kappa shape index (κ2) is 4.33. The lowest BCUT2D eigenvalue weighted by Crippen LogP contribution is -2.02. The molecule has 1 aromatic carbocycles. The van der Waals surface area contributed by atoms with Gasteiger partial charge in [0, 0.05) is 9.86 Å². The summed E-state index contributed by atoms with van der Waals surface area (Å²) in [5, 5.41) is 0.769. The van der Waals surface area contributed by atoms with Crippen LogP contribution in [0.4, 0.5) is 8.78 Å². The Morgan fingerprint density at radius 3 is 2.75 bits per heavy atom. The molecule has 5 heteroatoms. The molecule has 1 aromatic heterocycles.